The molecule has 42 heavy (non-hydrogen) atoms. The number of carbonyl (C=O) groups excluding carboxylic acids is 3. The monoisotopic (exact) mass is 624 g/mol. The summed E-state index contributed by atoms with van der Waals surface area (Å²) in [6.45, 7) is 3.87. The molecule has 0 aliphatic rings. The predicted octanol–water partition coefficient (Wildman–Crippen LogP) is 4.79. The topological polar surface area (TPSA) is 154 Å². The van der Waals surface area contributed by atoms with E-state index in [1.807, 2.05) is 0 Å². The molecule has 4 rings (SSSR count). The van der Waals surface area contributed by atoms with Gasteiger partial charge in [-0.05, 0) is 69.3 Å². The van der Waals surface area contributed by atoms with E-state index in [-0.39, 0.29) is 43.8 Å². The van der Waals surface area contributed by atoms with Crippen LogP contribution in [0.2, 0.25) is 0 Å². The van der Waals surface area contributed by atoms with Crippen molar-refractivity contribution < 1.29 is 39.6 Å². The van der Waals surface area contributed by atoms with Crippen molar-refractivity contribution in [2.24, 2.45) is 0 Å². The number of hydrogen-bond acceptors (Lipinski definition) is 9. The Balaban J connectivity index is 2.04. The van der Waals surface area contributed by atoms with E-state index in [4.69, 9.17) is 0 Å². The Morgan fingerprint density at radius 3 is 0.929 bits per heavy atom. The number of Topliss-reactive ketones (excluding diaryl/α,β-unsaturated/α-hetero) is 3. The maximum atomic E-state index is 14.1. The minimum atomic E-state index is -4.85. The Hall–Kier alpha value is -4.26. The second-order valence-electron chi connectivity index (χ2n) is 9.34. The highest BCUT2D eigenvalue weighted by Gasteiger charge is 2.36. The molecule has 0 atom stereocenters. The lowest BCUT2D eigenvalue weighted by Gasteiger charge is -2.17. The van der Waals surface area contributed by atoms with Gasteiger partial charge in [-0.1, -0.05) is 42.5 Å². The molecule has 12 heteroatoms. The highest BCUT2D eigenvalue weighted by molar-refractivity contribution is 7.96. The lowest BCUT2D eigenvalue weighted by molar-refractivity contribution is 0.100. The molecule has 0 heterocycles. The van der Waals surface area contributed by atoms with Gasteiger partial charge in [-0.2, -0.15) is 0 Å². The van der Waals surface area contributed by atoms with Crippen molar-refractivity contribution in [2.45, 2.75) is 50.1 Å². The van der Waals surface area contributed by atoms with Crippen LogP contribution < -0.4 is 0 Å². The normalized spacial score (nSPS) is 12.1. The summed E-state index contributed by atoms with van der Waals surface area (Å²) in [5, 5.41) is 0. The van der Waals surface area contributed by atoms with Crippen molar-refractivity contribution >= 4 is 46.9 Å². The lowest BCUT2D eigenvalue weighted by Crippen LogP contribution is -2.16. The molecule has 0 N–H and O–H groups in total. The molecule has 216 valence electrons. The van der Waals surface area contributed by atoms with E-state index in [9.17, 15) is 39.6 Å². The van der Waals surface area contributed by atoms with E-state index in [1.165, 1.54) is 57.2 Å². The van der Waals surface area contributed by atoms with Crippen molar-refractivity contribution in [2.75, 3.05) is 0 Å². The zero-order valence-electron chi connectivity index (χ0n) is 22.6. The Morgan fingerprint density at radius 2 is 0.667 bits per heavy atom. The van der Waals surface area contributed by atoms with Gasteiger partial charge >= 0.3 is 0 Å². The molecule has 0 bridgehead atoms. The van der Waals surface area contributed by atoms with Crippen LogP contribution in [0.5, 0.6) is 0 Å². The van der Waals surface area contributed by atoms with Crippen molar-refractivity contribution in [1.29, 1.82) is 0 Å². The van der Waals surface area contributed by atoms with Crippen molar-refractivity contribution in [3.05, 3.63) is 108 Å². The first kappa shape index (κ1) is 30.7. The summed E-state index contributed by atoms with van der Waals surface area (Å²) >= 11 is 0. The molecule has 0 unspecified atom stereocenters. The molecule has 0 saturated heterocycles. The van der Waals surface area contributed by atoms with Crippen LogP contribution in [-0.2, 0) is 29.5 Å². The fourth-order valence-corrected chi connectivity index (χ4v) is 9.66. The van der Waals surface area contributed by atoms with Gasteiger partial charge in [0.25, 0.3) is 0 Å². The summed E-state index contributed by atoms with van der Waals surface area (Å²) in [6.07, 6.45) is 0. The van der Waals surface area contributed by atoms with E-state index in [0.717, 1.165) is 54.6 Å². The fourth-order valence-electron chi connectivity index (χ4n) is 4.16. The molecule has 4 aromatic carbocycles. The van der Waals surface area contributed by atoms with Crippen LogP contribution >= 0.6 is 0 Å². The first-order valence-electron chi connectivity index (χ1n) is 12.3. The summed E-state index contributed by atoms with van der Waals surface area (Å²) in [5.74, 6) is -0.978. The third-order valence-electron chi connectivity index (χ3n) is 6.50. The van der Waals surface area contributed by atoms with Crippen LogP contribution in [0.15, 0.2) is 120 Å². The highest BCUT2D eigenvalue weighted by atomic mass is 32.2. The van der Waals surface area contributed by atoms with Crippen LogP contribution in [0.4, 0.5) is 0 Å². The van der Waals surface area contributed by atoms with Crippen LogP contribution in [0.25, 0.3) is 0 Å². The number of carbonyl (C=O) groups is 3. The Kier molecular flexibility index (Phi) is 8.18. The summed E-state index contributed by atoms with van der Waals surface area (Å²) < 4.78 is 83.7. The molecule has 0 saturated carbocycles. The summed E-state index contributed by atoms with van der Waals surface area (Å²) in [4.78, 5) is 31.4. The van der Waals surface area contributed by atoms with Gasteiger partial charge in [-0.25, -0.2) is 25.3 Å². The van der Waals surface area contributed by atoms with E-state index in [0.29, 0.717) is 0 Å². The third-order valence-corrected chi connectivity index (χ3v) is 12.3. The first-order chi connectivity index (χ1) is 19.6. The van der Waals surface area contributed by atoms with Gasteiger partial charge in [0.15, 0.2) is 17.3 Å². The average Bonchev–Trinajstić information content (AvgIpc) is 2.96. The second kappa shape index (κ2) is 11.2. The zero-order chi connectivity index (χ0) is 31.0. The van der Waals surface area contributed by atoms with Crippen LogP contribution in [0, 0.1) is 0 Å². The molecule has 0 aliphatic heterocycles. The van der Waals surface area contributed by atoms with E-state index >= 15 is 0 Å². The van der Waals surface area contributed by atoms with Gasteiger partial charge in [0.2, 0.25) is 29.5 Å². The Labute approximate surface area is 243 Å². The number of benzene rings is 4. The molecule has 9 nitrogen and oxygen atoms in total. The lowest BCUT2D eigenvalue weighted by atomic mass is 10.2. The summed E-state index contributed by atoms with van der Waals surface area (Å²) in [7, 11) is -14.2. The van der Waals surface area contributed by atoms with Gasteiger partial charge in [0.05, 0.1) is 24.5 Å². The molecular weight excluding hydrogens is 601 g/mol. The van der Waals surface area contributed by atoms with Gasteiger partial charge < -0.3 is 0 Å². The molecule has 4 aromatic rings. The Bertz CT molecular complexity index is 1950. The molecule has 0 aromatic heterocycles. The van der Waals surface area contributed by atoms with Crippen LogP contribution in [0.1, 0.15) is 51.8 Å². The highest BCUT2D eigenvalue weighted by Crippen LogP contribution is 2.38. The number of ketones is 3. The summed E-state index contributed by atoms with van der Waals surface area (Å²) in [6, 6.07) is 17.3. The zero-order valence-corrected chi connectivity index (χ0v) is 25.0. The summed E-state index contributed by atoms with van der Waals surface area (Å²) in [5.41, 5.74) is 0.634. The van der Waals surface area contributed by atoms with Crippen LogP contribution in [-0.4, -0.2) is 42.6 Å². The molecule has 0 aliphatic carbocycles. The van der Waals surface area contributed by atoms with E-state index in [1.54, 1.807) is 0 Å². The standard InChI is InChI=1S/C30H24O9S3/c1-19(31)22-7-13-25(14-8-22)40(34,35)28-5-4-6-29(41(36,37)26-15-9-23(10-16-26)20(2)32)30(28)42(38,39)27-17-11-24(12-18-27)21(3)33/h4-18H,1-3H3. The van der Waals surface area contributed by atoms with Crippen molar-refractivity contribution in [3.8, 4) is 0 Å². The second-order valence-corrected chi connectivity index (χ2v) is 15.1. The smallest absolute Gasteiger partial charge is 0.209 e. The number of rotatable bonds is 9. The van der Waals surface area contributed by atoms with Crippen molar-refractivity contribution in [1.82, 2.24) is 0 Å². The average molecular weight is 625 g/mol. The van der Waals surface area contributed by atoms with E-state index < -0.39 is 49.1 Å². The van der Waals surface area contributed by atoms with Gasteiger partial charge in [-0.15, -0.1) is 0 Å². The van der Waals surface area contributed by atoms with Gasteiger partial charge in [0.1, 0.15) is 4.90 Å². The maximum Gasteiger partial charge on any atom is 0.209 e. The maximum absolute atomic E-state index is 14.1. The minimum Gasteiger partial charge on any atom is -0.295 e. The molecule has 0 fully saturated rings. The van der Waals surface area contributed by atoms with E-state index in [2.05, 4.69) is 0 Å². The molecule has 0 spiro atoms. The number of hydrogen-bond donors (Lipinski definition) is 0. The fraction of sp³-hybridized carbons (Fsp3) is 0.100. The Morgan fingerprint density at radius 1 is 0.405 bits per heavy atom. The van der Waals surface area contributed by atoms with Gasteiger partial charge in [-0.3, -0.25) is 14.4 Å². The largest absolute Gasteiger partial charge is 0.295 e. The minimum absolute atomic E-state index is 0.193. The molecule has 0 amide bonds. The van der Waals surface area contributed by atoms with Crippen molar-refractivity contribution in [3.63, 3.8) is 0 Å². The SMILES string of the molecule is CC(=O)c1ccc(S(=O)(=O)c2cccc(S(=O)(=O)c3ccc(C(C)=O)cc3)c2S(=O)(=O)c2ccc(C(C)=O)cc2)cc1. The van der Waals surface area contributed by atoms with Crippen LogP contribution in [0.3, 0.4) is 0 Å². The third kappa shape index (κ3) is 5.60. The number of sulfone groups is 3. The predicted molar refractivity (Wildman–Crippen MR) is 152 cm³/mol. The molecule has 0 radical (unpaired) electrons. The first-order valence-corrected chi connectivity index (χ1v) is 16.7. The van der Waals surface area contributed by atoms with Gasteiger partial charge in [0, 0.05) is 16.7 Å². The quantitative estimate of drug-likeness (QED) is 0.239. The molecular formula is C30H24O9S3.